The zero-order valence-corrected chi connectivity index (χ0v) is 12.6. The minimum atomic E-state index is 0.345. The number of unbranched alkanes of at least 4 members (excludes halogenated alkanes) is 2. The number of anilines is 1. The van der Waals surface area contributed by atoms with Crippen molar-refractivity contribution in [3.05, 3.63) is 18.2 Å². The van der Waals surface area contributed by atoms with Gasteiger partial charge in [0.1, 0.15) is 5.52 Å². The van der Waals surface area contributed by atoms with Crippen molar-refractivity contribution in [2.24, 2.45) is 7.05 Å². The molecule has 0 spiro atoms. The highest BCUT2D eigenvalue weighted by Crippen LogP contribution is 2.20. The molecular weight excluding hydrogens is 278 g/mol. The molecule has 7 heteroatoms. The number of fused-ring (bicyclic) bond motifs is 1. The molecule has 0 radical (unpaired) electrons. The van der Waals surface area contributed by atoms with Crippen LogP contribution in [0.1, 0.15) is 32.0 Å². The number of imidazole rings is 2. The van der Waals surface area contributed by atoms with Crippen molar-refractivity contribution in [3.63, 3.8) is 0 Å². The number of nitrogens with one attached hydrogen (secondary N) is 1. The van der Waals surface area contributed by atoms with Gasteiger partial charge in [0.25, 0.3) is 0 Å². The first-order valence-electron chi connectivity index (χ1n) is 7.19. The molecule has 0 fully saturated rings. The van der Waals surface area contributed by atoms with Gasteiger partial charge >= 0.3 is 0 Å². The molecule has 7 nitrogen and oxygen atoms in total. The van der Waals surface area contributed by atoms with Gasteiger partial charge in [0, 0.05) is 25.9 Å². The van der Waals surface area contributed by atoms with Crippen molar-refractivity contribution in [2.75, 3.05) is 5.73 Å². The molecule has 0 aromatic carbocycles. The summed E-state index contributed by atoms with van der Waals surface area (Å²) in [5.74, 6) is 8.07. The molecule has 0 aliphatic heterocycles. The normalized spacial score (nSPS) is 10.6. The number of hydrogen-bond acceptors (Lipinski definition) is 5. The fraction of sp³-hybridized carbons (Fsp3) is 0.333. The molecule has 22 heavy (non-hydrogen) atoms. The van der Waals surface area contributed by atoms with Crippen LogP contribution in [0.2, 0.25) is 0 Å². The van der Waals surface area contributed by atoms with Crippen LogP contribution in [-0.4, -0.2) is 29.5 Å². The van der Waals surface area contributed by atoms with Crippen LogP contribution in [-0.2, 0) is 7.05 Å². The lowest BCUT2D eigenvalue weighted by Crippen LogP contribution is -1.97. The molecule has 0 aliphatic carbocycles. The number of H-pyrrole nitrogens is 1. The zero-order valence-electron chi connectivity index (χ0n) is 12.6. The Balaban J connectivity index is 1.99. The predicted octanol–water partition coefficient (Wildman–Crippen LogP) is 1.88. The lowest BCUT2D eigenvalue weighted by molar-refractivity contribution is 0.828. The Labute approximate surface area is 128 Å². The third-order valence-corrected chi connectivity index (χ3v) is 3.27. The van der Waals surface area contributed by atoms with E-state index in [1.165, 1.54) is 0 Å². The van der Waals surface area contributed by atoms with Gasteiger partial charge in [0.05, 0.1) is 0 Å². The summed E-state index contributed by atoms with van der Waals surface area (Å²) in [6.45, 7) is 2.13. The van der Waals surface area contributed by atoms with Crippen molar-refractivity contribution >= 4 is 17.0 Å². The second-order valence-electron chi connectivity index (χ2n) is 4.98. The van der Waals surface area contributed by atoms with Crippen molar-refractivity contribution in [1.29, 1.82) is 0 Å². The van der Waals surface area contributed by atoms with Crippen LogP contribution in [0.5, 0.6) is 0 Å². The minimum absolute atomic E-state index is 0.345. The summed E-state index contributed by atoms with van der Waals surface area (Å²) in [5, 5.41) is 0. The van der Waals surface area contributed by atoms with Gasteiger partial charge in [-0.25, -0.2) is 15.0 Å². The number of rotatable bonds is 3. The minimum Gasteiger partial charge on any atom is -0.382 e. The lowest BCUT2D eigenvalue weighted by Gasteiger charge is -1.95. The summed E-state index contributed by atoms with van der Waals surface area (Å²) in [7, 11) is 1.90. The van der Waals surface area contributed by atoms with E-state index in [1.807, 2.05) is 17.8 Å². The van der Waals surface area contributed by atoms with E-state index in [0.29, 0.717) is 34.5 Å². The largest absolute Gasteiger partial charge is 0.382 e. The van der Waals surface area contributed by atoms with E-state index < -0.39 is 0 Å². The highest BCUT2D eigenvalue weighted by Gasteiger charge is 2.13. The van der Waals surface area contributed by atoms with E-state index in [1.54, 1.807) is 6.20 Å². The number of nitrogen functional groups attached to an aromatic ring is 1. The topological polar surface area (TPSA) is 98.3 Å². The van der Waals surface area contributed by atoms with Crippen LogP contribution in [0.15, 0.2) is 12.4 Å². The Hall–Kier alpha value is -2.88. The fourth-order valence-electron chi connectivity index (χ4n) is 2.08. The van der Waals surface area contributed by atoms with Gasteiger partial charge in [-0.2, -0.15) is 4.98 Å². The smallest absolute Gasteiger partial charge is 0.209 e. The van der Waals surface area contributed by atoms with E-state index >= 15 is 0 Å². The van der Waals surface area contributed by atoms with E-state index in [-0.39, 0.29) is 0 Å². The third-order valence-electron chi connectivity index (χ3n) is 3.27. The van der Waals surface area contributed by atoms with Crippen LogP contribution >= 0.6 is 0 Å². The van der Waals surface area contributed by atoms with Crippen molar-refractivity contribution in [3.8, 4) is 23.5 Å². The van der Waals surface area contributed by atoms with Gasteiger partial charge in [0.2, 0.25) is 5.82 Å². The molecule has 0 saturated carbocycles. The average molecular weight is 295 g/mol. The quantitative estimate of drug-likeness (QED) is 0.568. The van der Waals surface area contributed by atoms with Crippen LogP contribution in [0.25, 0.3) is 22.8 Å². The van der Waals surface area contributed by atoms with Gasteiger partial charge in [-0.15, -0.1) is 0 Å². The van der Waals surface area contributed by atoms with E-state index in [2.05, 4.69) is 43.7 Å². The Morgan fingerprint density at radius 3 is 2.91 bits per heavy atom. The molecule has 112 valence electrons. The summed E-state index contributed by atoms with van der Waals surface area (Å²) >= 11 is 0. The monoisotopic (exact) mass is 295 g/mol. The van der Waals surface area contributed by atoms with Crippen LogP contribution in [0.3, 0.4) is 0 Å². The van der Waals surface area contributed by atoms with Gasteiger partial charge < -0.3 is 15.3 Å². The molecule has 0 saturated heterocycles. The second-order valence-corrected chi connectivity index (χ2v) is 4.98. The number of nitrogens with two attached hydrogens (primary N) is 1. The van der Waals surface area contributed by atoms with E-state index in [9.17, 15) is 0 Å². The van der Waals surface area contributed by atoms with Crippen LogP contribution in [0, 0.1) is 11.8 Å². The summed E-state index contributed by atoms with van der Waals surface area (Å²) in [4.78, 5) is 20.4. The molecule has 3 aromatic heterocycles. The molecular formula is C15H17N7. The van der Waals surface area contributed by atoms with Crippen molar-refractivity contribution < 1.29 is 0 Å². The van der Waals surface area contributed by atoms with Crippen molar-refractivity contribution in [1.82, 2.24) is 29.5 Å². The average Bonchev–Trinajstić information content (AvgIpc) is 3.09. The van der Waals surface area contributed by atoms with Gasteiger partial charge in [-0.3, -0.25) is 0 Å². The molecule has 0 unspecified atom stereocenters. The third kappa shape index (κ3) is 2.63. The summed E-state index contributed by atoms with van der Waals surface area (Å²) in [6, 6.07) is 0. The Morgan fingerprint density at radius 1 is 1.32 bits per heavy atom. The van der Waals surface area contributed by atoms with Crippen LogP contribution in [0.4, 0.5) is 5.82 Å². The zero-order chi connectivity index (χ0) is 15.5. The summed E-state index contributed by atoms with van der Waals surface area (Å²) < 4.78 is 1.87. The summed E-state index contributed by atoms with van der Waals surface area (Å²) in [6.07, 6.45) is 6.57. The van der Waals surface area contributed by atoms with E-state index in [4.69, 9.17) is 5.73 Å². The standard InChI is InChI=1S/C15H17N7/c1-3-4-5-6-7-10-18-12(16)11-13(19-10)21-14(20-11)15-17-8-9-22(15)2/h8-9H,3-5H2,1-2H3,(H3,16,18,19,20,21). The molecule has 3 aromatic rings. The first kappa shape index (κ1) is 14.1. The lowest BCUT2D eigenvalue weighted by atomic mass is 10.2. The number of aryl methyl sites for hydroxylation is 1. The first-order chi connectivity index (χ1) is 10.7. The SMILES string of the molecule is CCCCC#Cc1nc(N)c2[nH]c(-c3nccn3C)nc2n1. The molecule has 0 atom stereocenters. The predicted molar refractivity (Wildman–Crippen MR) is 84.7 cm³/mol. The molecule has 0 amide bonds. The maximum Gasteiger partial charge on any atom is 0.209 e. The van der Waals surface area contributed by atoms with Crippen molar-refractivity contribution in [2.45, 2.75) is 26.2 Å². The number of aromatic nitrogens is 6. The highest BCUT2D eigenvalue weighted by molar-refractivity contribution is 5.84. The fourth-order valence-corrected chi connectivity index (χ4v) is 2.08. The van der Waals surface area contributed by atoms with Crippen LogP contribution < -0.4 is 5.73 Å². The second kappa shape index (κ2) is 5.85. The maximum atomic E-state index is 5.97. The Kier molecular flexibility index (Phi) is 3.74. The Bertz CT molecular complexity index is 863. The molecule has 3 rings (SSSR count). The number of aromatic amines is 1. The molecule has 3 N–H and O–H groups in total. The molecule has 0 bridgehead atoms. The molecule has 3 heterocycles. The maximum absolute atomic E-state index is 5.97. The highest BCUT2D eigenvalue weighted by atomic mass is 15.1. The van der Waals surface area contributed by atoms with Gasteiger partial charge in [-0.1, -0.05) is 19.3 Å². The summed E-state index contributed by atoms with van der Waals surface area (Å²) in [5.41, 5.74) is 7.09. The number of hydrogen-bond donors (Lipinski definition) is 2. The number of nitrogens with zero attached hydrogens (tertiary/aromatic N) is 5. The first-order valence-corrected chi connectivity index (χ1v) is 7.19. The molecule has 0 aliphatic rings. The van der Waals surface area contributed by atoms with Gasteiger partial charge in [-0.05, 0) is 12.3 Å². The Morgan fingerprint density at radius 2 is 2.18 bits per heavy atom. The van der Waals surface area contributed by atoms with E-state index in [0.717, 1.165) is 19.3 Å². The van der Waals surface area contributed by atoms with Gasteiger partial charge in [0.15, 0.2) is 23.1 Å².